The standard InChI is InChI=1S/C15H14N2O6S/c1-23-12-7-6-9(15(19)20)8-13(12)24(21,22)17-11-5-3-2-4-10(11)14(16)18/h2-8,17H,1H3,(H2,16,18)(H,19,20). The van der Waals surface area contributed by atoms with E-state index in [2.05, 4.69) is 4.72 Å². The minimum absolute atomic E-state index is 0.0190. The van der Waals surface area contributed by atoms with Gasteiger partial charge in [-0.1, -0.05) is 12.1 Å². The molecule has 0 aromatic heterocycles. The molecule has 0 unspecified atom stereocenters. The van der Waals surface area contributed by atoms with E-state index in [4.69, 9.17) is 15.6 Å². The molecule has 0 aliphatic heterocycles. The van der Waals surface area contributed by atoms with Crippen LogP contribution in [0.15, 0.2) is 47.4 Å². The van der Waals surface area contributed by atoms with Gasteiger partial charge in [0.1, 0.15) is 10.6 Å². The van der Waals surface area contributed by atoms with Gasteiger partial charge in [-0.3, -0.25) is 9.52 Å². The first-order valence-electron chi connectivity index (χ1n) is 6.59. The van der Waals surface area contributed by atoms with Crippen molar-refractivity contribution in [3.8, 4) is 5.75 Å². The van der Waals surface area contributed by atoms with E-state index in [9.17, 15) is 18.0 Å². The molecule has 8 nitrogen and oxygen atoms in total. The molecule has 0 bridgehead atoms. The number of sulfonamides is 1. The number of amides is 1. The summed E-state index contributed by atoms with van der Waals surface area (Å²) in [4.78, 5) is 22.1. The van der Waals surface area contributed by atoms with Crippen molar-refractivity contribution in [3.05, 3.63) is 53.6 Å². The third-order valence-electron chi connectivity index (χ3n) is 3.14. The fourth-order valence-electron chi connectivity index (χ4n) is 2.01. The maximum atomic E-state index is 12.6. The van der Waals surface area contributed by atoms with Crippen LogP contribution in [0.3, 0.4) is 0 Å². The number of methoxy groups -OCH3 is 1. The predicted octanol–water partition coefficient (Wildman–Crippen LogP) is 1.29. The van der Waals surface area contributed by atoms with Gasteiger partial charge in [-0.25, -0.2) is 13.2 Å². The highest BCUT2D eigenvalue weighted by molar-refractivity contribution is 7.92. The van der Waals surface area contributed by atoms with E-state index in [1.807, 2.05) is 0 Å². The highest BCUT2D eigenvalue weighted by Gasteiger charge is 2.23. The zero-order chi connectivity index (χ0) is 17.9. The van der Waals surface area contributed by atoms with Crippen molar-refractivity contribution in [2.24, 2.45) is 5.73 Å². The molecular formula is C15H14N2O6S. The summed E-state index contributed by atoms with van der Waals surface area (Å²) in [5.74, 6) is -2.13. The molecule has 0 saturated carbocycles. The highest BCUT2D eigenvalue weighted by atomic mass is 32.2. The zero-order valence-corrected chi connectivity index (χ0v) is 13.3. The van der Waals surface area contributed by atoms with E-state index in [1.165, 1.54) is 43.5 Å². The normalized spacial score (nSPS) is 10.9. The number of anilines is 1. The molecule has 0 radical (unpaired) electrons. The topological polar surface area (TPSA) is 136 Å². The fraction of sp³-hybridized carbons (Fsp3) is 0.0667. The average Bonchev–Trinajstić information content (AvgIpc) is 2.54. The van der Waals surface area contributed by atoms with Crippen molar-refractivity contribution < 1.29 is 27.9 Å². The van der Waals surface area contributed by atoms with E-state index in [1.54, 1.807) is 0 Å². The maximum absolute atomic E-state index is 12.6. The molecular weight excluding hydrogens is 336 g/mol. The Balaban J connectivity index is 2.54. The Kier molecular flexibility index (Phi) is 4.74. The van der Waals surface area contributed by atoms with Crippen molar-refractivity contribution in [2.45, 2.75) is 4.90 Å². The van der Waals surface area contributed by atoms with E-state index >= 15 is 0 Å². The van der Waals surface area contributed by atoms with E-state index in [0.717, 1.165) is 6.07 Å². The lowest BCUT2D eigenvalue weighted by atomic mass is 10.2. The summed E-state index contributed by atoms with van der Waals surface area (Å²) in [6, 6.07) is 9.21. The van der Waals surface area contributed by atoms with E-state index < -0.39 is 21.9 Å². The number of aromatic carboxylic acids is 1. The number of hydrogen-bond acceptors (Lipinski definition) is 5. The van der Waals surface area contributed by atoms with Gasteiger partial charge in [-0.15, -0.1) is 0 Å². The number of carboxylic acid groups (broad SMARTS) is 1. The maximum Gasteiger partial charge on any atom is 0.335 e. The quantitative estimate of drug-likeness (QED) is 0.718. The lowest BCUT2D eigenvalue weighted by Crippen LogP contribution is -2.19. The third-order valence-corrected chi connectivity index (χ3v) is 4.52. The molecule has 9 heteroatoms. The summed E-state index contributed by atoms with van der Waals surface area (Å²) in [7, 11) is -2.96. The Labute approximate surface area is 137 Å². The van der Waals surface area contributed by atoms with Crippen molar-refractivity contribution >= 4 is 27.6 Å². The monoisotopic (exact) mass is 350 g/mol. The molecule has 0 aliphatic carbocycles. The smallest absolute Gasteiger partial charge is 0.335 e. The van der Waals surface area contributed by atoms with Crippen molar-refractivity contribution in [1.82, 2.24) is 0 Å². The lowest BCUT2D eigenvalue weighted by molar-refractivity contribution is 0.0696. The molecule has 0 heterocycles. The van der Waals surface area contributed by atoms with Crippen molar-refractivity contribution in [2.75, 3.05) is 11.8 Å². The van der Waals surface area contributed by atoms with Crippen LogP contribution >= 0.6 is 0 Å². The molecule has 4 N–H and O–H groups in total. The molecule has 0 atom stereocenters. The van der Waals surface area contributed by atoms with Crippen molar-refractivity contribution in [3.63, 3.8) is 0 Å². The Morgan fingerprint density at radius 1 is 1.17 bits per heavy atom. The second kappa shape index (κ2) is 6.59. The number of benzene rings is 2. The van der Waals surface area contributed by atoms with Crippen LogP contribution in [0.1, 0.15) is 20.7 Å². The largest absolute Gasteiger partial charge is 0.495 e. The Bertz CT molecular complexity index is 908. The van der Waals surface area contributed by atoms with Crippen LogP contribution < -0.4 is 15.2 Å². The predicted molar refractivity (Wildman–Crippen MR) is 85.7 cm³/mol. The summed E-state index contributed by atoms with van der Waals surface area (Å²) in [5, 5.41) is 9.03. The first-order valence-corrected chi connectivity index (χ1v) is 8.07. The molecule has 0 aliphatic rings. The number of nitrogens with two attached hydrogens (primary N) is 1. The van der Waals surface area contributed by atoms with Crippen LogP contribution in [-0.2, 0) is 10.0 Å². The molecule has 2 rings (SSSR count). The molecule has 24 heavy (non-hydrogen) atoms. The van der Waals surface area contributed by atoms with Crippen LogP contribution in [0.4, 0.5) is 5.69 Å². The summed E-state index contributed by atoms with van der Waals surface area (Å²) in [6.45, 7) is 0. The number of ether oxygens (including phenoxy) is 1. The van der Waals surface area contributed by atoms with Gasteiger partial charge in [0, 0.05) is 0 Å². The molecule has 2 aromatic rings. The number of carbonyl (C=O) groups is 2. The Morgan fingerprint density at radius 2 is 1.83 bits per heavy atom. The highest BCUT2D eigenvalue weighted by Crippen LogP contribution is 2.28. The minimum atomic E-state index is -4.21. The van der Waals surface area contributed by atoms with Gasteiger partial charge < -0.3 is 15.6 Å². The zero-order valence-electron chi connectivity index (χ0n) is 12.5. The van der Waals surface area contributed by atoms with Crippen LogP contribution in [0.2, 0.25) is 0 Å². The van der Waals surface area contributed by atoms with Crippen LogP contribution in [0.5, 0.6) is 5.75 Å². The SMILES string of the molecule is COc1ccc(C(=O)O)cc1S(=O)(=O)Nc1ccccc1C(N)=O. The summed E-state index contributed by atoms with van der Waals surface area (Å²) in [6.07, 6.45) is 0. The first kappa shape index (κ1) is 17.3. The number of carbonyl (C=O) groups excluding carboxylic acids is 1. The molecule has 0 spiro atoms. The number of rotatable bonds is 6. The van der Waals surface area contributed by atoms with Gasteiger partial charge in [-0.2, -0.15) is 0 Å². The van der Waals surface area contributed by atoms with Crippen LogP contribution in [0, 0.1) is 0 Å². The third kappa shape index (κ3) is 3.46. The fourth-order valence-corrected chi connectivity index (χ4v) is 3.28. The van der Waals surface area contributed by atoms with E-state index in [0.29, 0.717) is 0 Å². The van der Waals surface area contributed by atoms with Gasteiger partial charge in [0.05, 0.1) is 23.9 Å². The van der Waals surface area contributed by atoms with Crippen molar-refractivity contribution in [1.29, 1.82) is 0 Å². The van der Waals surface area contributed by atoms with Crippen LogP contribution in [-0.4, -0.2) is 32.5 Å². The van der Waals surface area contributed by atoms with Gasteiger partial charge in [-0.05, 0) is 30.3 Å². The first-order chi connectivity index (χ1) is 11.3. The van der Waals surface area contributed by atoms with Gasteiger partial charge in [0.15, 0.2) is 0 Å². The second-order valence-electron chi connectivity index (χ2n) is 4.69. The Hall–Kier alpha value is -3.07. The average molecular weight is 350 g/mol. The number of carboxylic acids is 1. The molecule has 2 aromatic carbocycles. The summed E-state index contributed by atoms with van der Waals surface area (Å²) < 4.78 is 32.4. The Morgan fingerprint density at radius 3 is 2.42 bits per heavy atom. The number of primary amides is 1. The van der Waals surface area contributed by atoms with E-state index in [-0.39, 0.29) is 27.5 Å². The summed E-state index contributed by atoms with van der Waals surface area (Å²) >= 11 is 0. The van der Waals surface area contributed by atoms with Gasteiger partial charge in [0.25, 0.3) is 15.9 Å². The van der Waals surface area contributed by atoms with Gasteiger partial charge in [0.2, 0.25) is 0 Å². The number of hydrogen-bond donors (Lipinski definition) is 3. The van der Waals surface area contributed by atoms with Gasteiger partial charge >= 0.3 is 5.97 Å². The number of nitrogens with one attached hydrogen (secondary N) is 1. The lowest BCUT2D eigenvalue weighted by Gasteiger charge is -2.13. The second-order valence-corrected chi connectivity index (χ2v) is 6.34. The molecule has 1 amide bonds. The van der Waals surface area contributed by atoms with Crippen LogP contribution in [0.25, 0.3) is 0 Å². The number of para-hydroxylation sites is 1. The molecule has 0 saturated heterocycles. The molecule has 126 valence electrons. The molecule has 0 fully saturated rings. The minimum Gasteiger partial charge on any atom is -0.495 e. The summed E-state index contributed by atoms with van der Waals surface area (Å²) in [5.41, 5.74) is 4.95.